The van der Waals surface area contributed by atoms with E-state index in [1.807, 2.05) is 56.3 Å². The molecular formula is C22H22N2O5. The molecule has 1 N–H and O–H groups in total. The molecule has 0 radical (unpaired) electrons. The Hall–Kier alpha value is -3.48. The van der Waals surface area contributed by atoms with Gasteiger partial charge in [0.2, 0.25) is 18.6 Å². The van der Waals surface area contributed by atoms with Crippen LogP contribution in [-0.2, 0) is 11.2 Å². The van der Waals surface area contributed by atoms with E-state index in [2.05, 4.69) is 10.3 Å². The van der Waals surface area contributed by atoms with E-state index in [1.54, 1.807) is 6.92 Å². The number of nitrogens with one attached hydrogen (secondary N) is 1. The van der Waals surface area contributed by atoms with Gasteiger partial charge in [0.25, 0.3) is 0 Å². The number of fused-ring (bicyclic) bond motifs is 1. The summed E-state index contributed by atoms with van der Waals surface area (Å²) < 4.78 is 22.2. The lowest BCUT2D eigenvalue weighted by molar-refractivity contribution is -0.115. The Balaban J connectivity index is 1.49. The van der Waals surface area contributed by atoms with Gasteiger partial charge in [-0.3, -0.25) is 4.79 Å². The molecule has 1 aromatic heterocycles. The number of amides is 1. The molecule has 0 aliphatic carbocycles. The molecule has 1 aliphatic heterocycles. The van der Waals surface area contributed by atoms with Gasteiger partial charge in [0.05, 0.1) is 23.9 Å². The van der Waals surface area contributed by atoms with E-state index < -0.39 is 0 Å². The monoisotopic (exact) mass is 394 g/mol. The molecule has 0 fully saturated rings. The molecule has 7 heteroatoms. The average Bonchev–Trinajstić information content (AvgIpc) is 3.29. The van der Waals surface area contributed by atoms with Gasteiger partial charge in [-0.15, -0.1) is 0 Å². The summed E-state index contributed by atoms with van der Waals surface area (Å²) in [5, 5.41) is 2.89. The first-order valence-electron chi connectivity index (χ1n) is 9.41. The van der Waals surface area contributed by atoms with Crippen molar-refractivity contribution in [2.75, 3.05) is 12.1 Å². The number of benzene rings is 2. The first-order chi connectivity index (χ1) is 14.0. The second-order valence-corrected chi connectivity index (χ2v) is 6.98. The van der Waals surface area contributed by atoms with E-state index >= 15 is 0 Å². The fraction of sp³-hybridized carbons (Fsp3) is 0.273. The molecule has 29 heavy (non-hydrogen) atoms. The maximum atomic E-state index is 12.6. The second-order valence-electron chi connectivity index (χ2n) is 6.98. The van der Waals surface area contributed by atoms with Crippen molar-refractivity contribution in [3.63, 3.8) is 0 Å². The largest absolute Gasteiger partial charge is 0.489 e. The Bertz CT molecular complexity index is 1040. The zero-order chi connectivity index (χ0) is 20.4. The molecule has 0 saturated carbocycles. The van der Waals surface area contributed by atoms with Crippen LogP contribution in [0.1, 0.15) is 25.3 Å². The van der Waals surface area contributed by atoms with E-state index in [-0.39, 0.29) is 25.2 Å². The minimum absolute atomic E-state index is 0.00935. The number of hydrogen-bond donors (Lipinski definition) is 1. The van der Waals surface area contributed by atoms with Crippen LogP contribution in [0.2, 0.25) is 0 Å². The van der Waals surface area contributed by atoms with Crippen molar-refractivity contribution in [3.8, 4) is 28.7 Å². The minimum Gasteiger partial charge on any atom is -0.489 e. The van der Waals surface area contributed by atoms with Gasteiger partial charge in [-0.05, 0) is 51.1 Å². The van der Waals surface area contributed by atoms with Crippen molar-refractivity contribution in [2.24, 2.45) is 0 Å². The third-order valence-corrected chi connectivity index (χ3v) is 4.36. The van der Waals surface area contributed by atoms with Crippen molar-refractivity contribution in [1.29, 1.82) is 0 Å². The zero-order valence-electron chi connectivity index (χ0n) is 16.5. The molecule has 0 unspecified atom stereocenters. The lowest BCUT2D eigenvalue weighted by Gasteiger charge is -2.14. The molecule has 0 saturated heterocycles. The number of anilines is 1. The molecule has 150 valence electrons. The SMILES string of the molecule is Cc1oc(-c2ccc3c(c2)OCO3)nc1CC(=O)Nc1ccccc1OC(C)C. The maximum Gasteiger partial charge on any atom is 0.231 e. The number of rotatable bonds is 6. The maximum absolute atomic E-state index is 12.6. The third-order valence-electron chi connectivity index (χ3n) is 4.36. The van der Waals surface area contributed by atoms with Crippen LogP contribution in [0.3, 0.4) is 0 Å². The van der Waals surface area contributed by atoms with E-state index in [9.17, 15) is 4.79 Å². The smallest absolute Gasteiger partial charge is 0.231 e. The highest BCUT2D eigenvalue weighted by molar-refractivity contribution is 5.93. The first kappa shape index (κ1) is 18.9. The standard InChI is InChI=1S/C22H22N2O5/c1-13(2)28-18-7-5-4-6-16(18)23-21(25)11-17-14(3)29-22(24-17)15-8-9-19-20(10-15)27-12-26-19/h4-10,13H,11-12H2,1-3H3,(H,23,25). The van der Waals surface area contributed by atoms with Crippen molar-refractivity contribution in [3.05, 3.63) is 53.9 Å². The Labute approximate surface area is 168 Å². The molecule has 4 rings (SSSR count). The van der Waals surface area contributed by atoms with Crippen molar-refractivity contribution < 1.29 is 23.4 Å². The topological polar surface area (TPSA) is 82.8 Å². The Morgan fingerprint density at radius 1 is 1.17 bits per heavy atom. The molecule has 3 aromatic rings. The van der Waals surface area contributed by atoms with Crippen LogP contribution in [0.25, 0.3) is 11.5 Å². The number of carbonyl (C=O) groups excluding carboxylic acids is 1. The van der Waals surface area contributed by atoms with E-state index in [1.165, 1.54) is 0 Å². The lowest BCUT2D eigenvalue weighted by Crippen LogP contribution is -2.17. The van der Waals surface area contributed by atoms with Gasteiger partial charge in [-0.2, -0.15) is 0 Å². The van der Waals surface area contributed by atoms with Gasteiger partial charge in [0.1, 0.15) is 11.5 Å². The van der Waals surface area contributed by atoms with Gasteiger partial charge >= 0.3 is 0 Å². The number of aromatic nitrogens is 1. The van der Waals surface area contributed by atoms with Gasteiger partial charge in [0.15, 0.2) is 11.5 Å². The molecule has 1 aliphatic rings. The Morgan fingerprint density at radius 3 is 2.79 bits per heavy atom. The number of carbonyl (C=O) groups is 1. The predicted octanol–water partition coefficient (Wildman–Crippen LogP) is 4.35. The van der Waals surface area contributed by atoms with Crippen molar-refractivity contribution in [1.82, 2.24) is 4.98 Å². The van der Waals surface area contributed by atoms with Crippen LogP contribution in [0.15, 0.2) is 46.9 Å². The fourth-order valence-corrected chi connectivity index (χ4v) is 3.02. The van der Waals surface area contributed by atoms with Crippen LogP contribution in [0.4, 0.5) is 5.69 Å². The summed E-state index contributed by atoms with van der Waals surface area (Å²) in [4.78, 5) is 17.1. The quantitative estimate of drug-likeness (QED) is 0.669. The lowest BCUT2D eigenvalue weighted by atomic mass is 10.2. The molecule has 0 atom stereocenters. The minimum atomic E-state index is -0.196. The number of aryl methyl sites for hydroxylation is 1. The number of ether oxygens (including phenoxy) is 3. The van der Waals surface area contributed by atoms with E-state index in [0.29, 0.717) is 40.3 Å². The summed E-state index contributed by atoms with van der Waals surface area (Å²) in [6, 6.07) is 12.8. The number of para-hydroxylation sites is 2. The molecule has 0 bridgehead atoms. The van der Waals surface area contributed by atoms with Gasteiger partial charge in [-0.1, -0.05) is 12.1 Å². The molecule has 7 nitrogen and oxygen atoms in total. The normalized spacial score (nSPS) is 12.3. The fourth-order valence-electron chi connectivity index (χ4n) is 3.02. The third kappa shape index (κ3) is 4.18. The summed E-state index contributed by atoms with van der Waals surface area (Å²) in [6.07, 6.45) is 0.103. The highest BCUT2D eigenvalue weighted by atomic mass is 16.7. The van der Waals surface area contributed by atoms with Crippen LogP contribution in [-0.4, -0.2) is 23.8 Å². The van der Waals surface area contributed by atoms with Crippen molar-refractivity contribution >= 4 is 11.6 Å². The second kappa shape index (κ2) is 7.87. The van der Waals surface area contributed by atoms with Crippen LogP contribution >= 0.6 is 0 Å². The van der Waals surface area contributed by atoms with Gasteiger partial charge < -0.3 is 23.9 Å². The molecule has 0 spiro atoms. The highest BCUT2D eigenvalue weighted by Gasteiger charge is 2.19. The highest BCUT2D eigenvalue weighted by Crippen LogP contribution is 2.36. The zero-order valence-corrected chi connectivity index (χ0v) is 16.5. The Morgan fingerprint density at radius 2 is 1.97 bits per heavy atom. The van der Waals surface area contributed by atoms with Gasteiger partial charge in [-0.25, -0.2) is 4.98 Å². The van der Waals surface area contributed by atoms with E-state index in [0.717, 1.165) is 5.56 Å². The molecular weight excluding hydrogens is 372 g/mol. The van der Waals surface area contributed by atoms with Crippen LogP contribution in [0, 0.1) is 6.92 Å². The summed E-state index contributed by atoms with van der Waals surface area (Å²) in [6.45, 7) is 5.88. The summed E-state index contributed by atoms with van der Waals surface area (Å²) >= 11 is 0. The predicted molar refractivity (Wildman–Crippen MR) is 107 cm³/mol. The van der Waals surface area contributed by atoms with Crippen LogP contribution in [0.5, 0.6) is 17.2 Å². The first-order valence-corrected chi connectivity index (χ1v) is 9.41. The van der Waals surface area contributed by atoms with E-state index in [4.69, 9.17) is 18.6 Å². The molecule has 1 amide bonds. The van der Waals surface area contributed by atoms with Crippen molar-refractivity contribution in [2.45, 2.75) is 33.3 Å². The number of nitrogens with zero attached hydrogens (tertiary/aromatic N) is 1. The number of hydrogen-bond acceptors (Lipinski definition) is 6. The molecule has 2 heterocycles. The van der Waals surface area contributed by atoms with Crippen LogP contribution < -0.4 is 19.5 Å². The summed E-state index contributed by atoms with van der Waals surface area (Å²) in [5.74, 6) is 2.82. The molecule has 2 aromatic carbocycles. The average molecular weight is 394 g/mol. The number of oxazole rings is 1. The summed E-state index contributed by atoms with van der Waals surface area (Å²) in [5.41, 5.74) is 1.97. The van der Waals surface area contributed by atoms with Gasteiger partial charge in [0, 0.05) is 5.56 Å². The summed E-state index contributed by atoms with van der Waals surface area (Å²) in [7, 11) is 0. The Kier molecular flexibility index (Phi) is 5.12.